The van der Waals surface area contributed by atoms with Gasteiger partial charge in [-0.3, -0.25) is 0 Å². The van der Waals surface area contributed by atoms with Gasteiger partial charge in [0.1, 0.15) is 0 Å². The first kappa shape index (κ1) is 14.3. The number of aromatic amines is 1. The van der Waals surface area contributed by atoms with Gasteiger partial charge in [-0.2, -0.15) is 0 Å². The lowest BCUT2D eigenvalue weighted by atomic mass is 10.1. The SMILES string of the molecule is CC(N)Cc1c[nH]c2ccccc12.Cl.Cl. The second kappa shape index (κ2) is 6.01. The Hall–Kier alpha value is -0.700. The van der Waals surface area contributed by atoms with E-state index in [1.165, 1.54) is 16.5 Å². The molecule has 0 fully saturated rings. The highest BCUT2D eigenvalue weighted by Crippen LogP contribution is 2.18. The monoisotopic (exact) mass is 246 g/mol. The number of para-hydroxylation sites is 1. The second-order valence-corrected chi connectivity index (χ2v) is 3.54. The van der Waals surface area contributed by atoms with Crippen LogP contribution in [0.2, 0.25) is 0 Å². The lowest BCUT2D eigenvalue weighted by molar-refractivity contribution is 0.741. The van der Waals surface area contributed by atoms with Gasteiger partial charge < -0.3 is 10.7 Å². The average molecular weight is 247 g/mol. The minimum Gasteiger partial charge on any atom is -0.361 e. The highest BCUT2D eigenvalue weighted by Gasteiger charge is 2.03. The minimum atomic E-state index is 0. The van der Waals surface area contributed by atoms with Crippen LogP contribution in [0.25, 0.3) is 10.9 Å². The molecule has 0 amide bonds. The lowest BCUT2D eigenvalue weighted by Gasteiger charge is -2.02. The van der Waals surface area contributed by atoms with Gasteiger partial charge in [-0.15, -0.1) is 24.8 Å². The van der Waals surface area contributed by atoms with E-state index >= 15 is 0 Å². The van der Waals surface area contributed by atoms with Crippen LogP contribution in [-0.4, -0.2) is 11.0 Å². The van der Waals surface area contributed by atoms with E-state index in [-0.39, 0.29) is 30.9 Å². The first-order valence-electron chi connectivity index (χ1n) is 4.58. The van der Waals surface area contributed by atoms with E-state index in [1.807, 2.05) is 19.2 Å². The lowest BCUT2D eigenvalue weighted by Crippen LogP contribution is -2.17. The normalized spacial score (nSPS) is 11.6. The summed E-state index contributed by atoms with van der Waals surface area (Å²) in [5.41, 5.74) is 8.26. The number of rotatable bonds is 2. The van der Waals surface area contributed by atoms with Crippen molar-refractivity contribution in [1.82, 2.24) is 4.98 Å². The molecule has 1 heterocycles. The summed E-state index contributed by atoms with van der Waals surface area (Å²) in [7, 11) is 0. The summed E-state index contributed by atoms with van der Waals surface area (Å²) in [4.78, 5) is 3.24. The van der Waals surface area contributed by atoms with E-state index in [1.54, 1.807) is 0 Å². The largest absolute Gasteiger partial charge is 0.361 e. The highest BCUT2D eigenvalue weighted by atomic mass is 35.5. The number of aromatic nitrogens is 1. The summed E-state index contributed by atoms with van der Waals surface area (Å²) in [6.07, 6.45) is 2.98. The van der Waals surface area contributed by atoms with E-state index in [2.05, 4.69) is 23.2 Å². The Bertz CT molecular complexity index is 410. The first-order chi connectivity index (χ1) is 6.27. The molecule has 0 bridgehead atoms. The van der Waals surface area contributed by atoms with Gasteiger partial charge in [0.25, 0.3) is 0 Å². The van der Waals surface area contributed by atoms with Crippen LogP contribution in [0.4, 0.5) is 0 Å². The maximum atomic E-state index is 5.76. The molecule has 0 saturated carbocycles. The summed E-state index contributed by atoms with van der Waals surface area (Å²) < 4.78 is 0. The molecule has 2 aromatic rings. The van der Waals surface area contributed by atoms with Crippen LogP contribution in [0.5, 0.6) is 0 Å². The third-order valence-electron chi connectivity index (χ3n) is 2.22. The molecule has 0 saturated heterocycles. The van der Waals surface area contributed by atoms with E-state index in [0.29, 0.717) is 0 Å². The molecule has 0 aliphatic heterocycles. The van der Waals surface area contributed by atoms with E-state index < -0.39 is 0 Å². The summed E-state index contributed by atoms with van der Waals surface area (Å²) in [6, 6.07) is 8.53. The summed E-state index contributed by atoms with van der Waals surface area (Å²) >= 11 is 0. The van der Waals surface area contributed by atoms with Crippen LogP contribution in [0, 0.1) is 0 Å². The van der Waals surface area contributed by atoms with Gasteiger partial charge in [-0.25, -0.2) is 0 Å². The molecule has 1 aromatic carbocycles. The fourth-order valence-corrected chi connectivity index (χ4v) is 1.65. The smallest absolute Gasteiger partial charge is 0.0456 e. The molecule has 0 aliphatic carbocycles. The van der Waals surface area contributed by atoms with Crippen LogP contribution in [0.15, 0.2) is 30.5 Å². The van der Waals surface area contributed by atoms with Crippen molar-refractivity contribution in [1.29, 1.82) is 0 Å². The Morgan fingerprint density at radius 1 is 1.27 bits per heavy atom. The maximum absolute atomic E-state index is 5.76. The van der Waals surface area contributed by atoms with Crippen LogP contribution < -0.4 is 5.73 Å². The van der Waals surface area contributed by atoms with Gasteiger partial charge in [0.15, 0.2) is 0 Å². The molecular formula is C11H16Cl2N2. The summed E-state index contributed by atoms with van der Waals surface area (Å²) in [5.74, 6) is 0. The molecule has 1 unspecified atom stereocenters. The number of halogens is 2. The molecule has 3 N–H and O–H groups in total. The molecule has 0 spiro atoms. The standard InChI is InChI=1S/C11H14N2.2ClH/c1-8(12)6-9-7-13-11-5-3-2-4-10(9)11;;/h2-5,7-8,13H,6,12H2,1H3;2*1H. The molecule has 15 heavy (non-hydrogen) atoms. The summed E-state index contributed by atoms with van der Waals surface area (Å²) in [5, 5.41) is 1.29. The van der Waals surface area contributed by atoms with Crippen molar-refractivity contribution < 1.29 is 0 Å². The van der Waals surface area contributed by atoms with E-state index in [0.717, 1.165) is 6.42 Å². The van der Waals surface area contributed by atoms with Crippen LogP contribution in [0.3, 0.4) is 0 Å². The number of fused-ring (bicyclic) bond motifs is 1. The predicted octanol–water partition coefficient (Wildman–Crippen LogP) is 2.90. The minimum absolute atomic E-state index is 0. The van der Waals surface area contributed by atoms with Gasteiger partial charge in [0, 0.05) is 23.1 Å². The van der Waals surface area contributed by atoms with Gasteiger partial charge >= 0.3 is 0 Å². The van der Waals surface area contributed by atoms with E-state index in [4.69, 9.17) is 5.73 Å². The Kier molecular flexibility index (Phi) is 5.73. The van der Waals surface area contributed by atoms with E-state index in [9.17, 15) is 0 Å². The molecule has 0 radical (unpaired) electrons. The fourth-order valence-electron chi connectivity index (χ4n) is 1.65. The third kappa shape index (κ3) is 3.13. The van der Waals surface area contributed by atoms with Crippen molar-refractivity contribution >= 4 is 35.7 Å². The zero-order valence-electron chi connectivity index (χ0n) is 8.57. The topological polar surface area (TPSA) is 41.8 Å². The number of hydrogen-bond donors (Lipinski definition) is 2. The first-order valence-corrected chi connectivity index (χ1v) is 4.58. The highest BCUT2D eigenvalue weighted by molar-refractivity contribution is 5.85. The quantitative estimate of drug-likeness (QED) is 0.841. The van der Waals surface area contributed by atoms with Crippen molar-refractivity contribution in [3.05, 3.63) is 36.0 Å². The second-order valence-electron chi connectivity index (χ2n) is 3.54. The molecular weight excluding hydrogens is 231 g/mol. The van der Waals surface area contributed by atoms with Crippen molar-refractivity contribution in [2.45, 2.75) is 19.4 Å². The van der Waals surface area contributed by atoms with Crippen LogP contribution in [-0.2, 0) is 6.42 Å². The van der Waals surface area contributed by atoms with Crippen molar-refractivity contribution in [3.63, 3.8) is 0 Å². The maximum Gasteiger partial charge on any atom is 0.0456 e. The molecule has 4 heteroatoms. The number of hydrogen-bond acceptors (Lipinski definition) is 1. The van der Waals surface area contributed by atoms with Gasteiger partial charge in [-0.05, 0) is 25.0 Å². The Balaban J connectivity index is 0.000000980. The zero-order chi connectivity index (χ0) is 9.26. The van der Waals surface area contributed by atoms with Crippen molar-refractivity contribution in [2.24, 2.45) is 5.73 Å². The van der Waals surface area contributed by atoms with Gasteiger partial charge in [-0.1, -0.05) is 18.2 Å². The zero-order valence-corrected chi connectivity index (χ0v) is 10.2. The van der Waals surface area contributed by atoms with Crippen LogP contribution in [0.1, 0.15) is 12.5 Å². The molecule has 84 valence electrons. The molecule has 2 nitrogen and oxygen atoms in total. The number of nitrogens with one attached hydrogen (secondary N) is 1. The van der Waals surface area contributed by atoms with Crippen molar-refractivity contribution in [2.75, 3.05) is 0 Å². The number of nitrogens with two attached hydrogens (primary N) is 1. The van der Waals surface area contributed by atoms with Crippen molar-refractivity contribution in [3.8, 4) is 0 Å². The number of benzene rings is 1. The molecule has 0 aliphatic rings. The molecule has 2 rings (SSSR count). The Morgan fingerprint density at radius 3 is 2.60 bits per heavy atom. The van der Waals surface area contributed by atoms with Gasteiger partial charge in [0.2, 0.25) is 0 Å². The fraction of sp³-hybridized carbons (Fsp3) is 0.273. The average Bonchev–Trinajstić information content (AvgIpc) is 2.48. The Morgan fingerprint density at radius 2 is 1.93 bits per heavy atom. The molecule has 1 aromatic heterocycles. The Labute approximate surface area is 102 Å². The molecule has 1 atom stereocenters. The van der Waals surface area contributed by atoms with Crippen LogP contribution >= 0.6 is 24.8 Å². The predicted molar refractivity (Wildman–Crippen MR) is 70.1 cm³/mol. The van der Waals surface area contributed by atoms with Gasteiger partial charge in [0.05, 0.1) is 0 Å². The summed E-state index contributed by atoms with van der Waals surface area (Å²) in [6.45, 7) is 2.03. The number of H-pyrrole nitrogens is 1. The third-order valence-corrected chi connectivity index (χ3v) is 2.22.